The van der Waals surface area contributed by atoms with Crippen molar-refractivity contribution < 1.29 is 4.79 Å². The van der Waals surface area contributed by atoms with Gasteiger partial charge in [0.25, 0.3) is 0 Å². The second-order valence-electron chi connectivity index (χ2n) is 7.19. The molecule has 2 aliphatic heterocycles. The molecule has 5 nitrogen and oxygen atoms in total. The van der Waals surface area contributed by atoms with Crippen LogP contribution in [-0.2, 0) is 0 Å². The minimum absolute atomic E-state index is 0.0452. The number of carbonyl (C=O) groups is 1. The summed E-state index contributed by atoms with van der Waals surface area (Å²) in [6, 6.07) is 8.38. The molecule has 1 N–H and O–H groups in total. The molecule has 5 heteroatoms. The van der Waals surface area contributed by atoms with Gasteiger partial charge < -0.3 is 20.0 Å². The number of para-hydroxylation sites is 2. The fourth-order valence-corrected chi connectivity index (χ4v) is 3.89. The van der Waals surface area contributed by atoms with Crippen LogP contribution in [0.15, 0.2) is 24.3 Å². The van der Waals surface area contributed by atoms with Crippen molar-refractivity contribution in [2.75, 3.05) is 50.5 Å². The molecule has 1 aromatic rings. The largest absolute Gasteiger partial charge is 0.376 e. The molecule has 0 unspecified atom stereocenters. The van der Waals surface area contributed by atoms with Gasteiger partial charge in [-0.15, -0.1) is 0 Å². The lowest BCUT2D eigenvalue weighted by molar-refractivity contribution is 0.161. The number of nitrogens with zero attached hydrogens (tertiary/aromatic N) is 3. The van der Waals surface area contributed by atoms with Gasteiger partial charge in [0.15, 0.2) is 0 Å². The van der Waals surface area contributed by atoms with Crippen molar-refractivity contribution in [3.05, 3.63) is 24.3 Å². The molecule has 2 fully saturated rings. The highest BCUT2D eigenvalue weighted by molar-refractivity contribution is 5.93. The van der Waals surface area contributed by atoms with Gasteiger partial charge in [0.2, 0.25) is 0 Å². The van der Waals surface area contributed by atoms with Crippen molar-refractivity contribution in [1.29, 1.82) is 0 Å². The molecule has 0 bridgehead atoms. The van der Waals surface area contributed by atoms with E-state index in [1.165, 1.54) is 32.4 Å². The van der Waals surface area contributed by atoms with Crippen molar-refractivity contribution in [3.63, 3.8) is 0 Å². The smallest absolute Gasteiger partial charge is 0.322 e. The van der Waals surface area contributed by atoms with E-state index in [9.17, 15) is 4.79 Å². The monoisotopic (exact) mass is 330 g/mol. The van der Waals surface area contributed by atoms with E-state index in [2.05, 4.69) is 10.2 Å². The average molecular weight is 330 g/mol. The van der Waals surface area contributed by atoms with E-state index in [1.807, 2.05) is 48.2 Å². The molecular weight excluding hydrogens is 300 g/mol. The Morgan fingerprint density at radius 1 is 1.12 bits per heavy atom. The normalized spacial score (nSPS) is 21.8. The van der Waals surface area contributed by atoms with Gasteiger partial charge in [0.1, 0.15) is 0 Å². The lowest BCUT2D eigenvalue weighted by Gasteiger charge is -2.33. The Morgan fingerprint density at radius 2 is 1.88 bits per heavy atom. The standard InChI is InChI=1S/C19H30N4O/c1-21(2)18-11-5-4-10-17(18)20-19(24)23-14-8-9-16(23)15-22-12-6-3-7-13-22/h4-5,10-11,16H,3,6-9,12-15H2,1-2H3,(H,20,24)/t16-/m1/s1. The Morgan fingerprint density at radius 3 is 2.62 bits per heavy atom. The lowest BCUT2D eigenvalue weighted by atomic mass is 10.1. The van der Waals surface area contributed by atoms with Gasteiger partial charge in [-0.25, -0.2) is 4.79 Å². The minimum atomic E-state index is 0.0452. The van der Waals surface area contributed by atoms with Gasteiger partial charge in [0, 0.05) is 33.2 Å². The van der Waals surface area contributed by atoms with E-state index in [1.54, 1.807) is 0 Å². The van der Waals surface area contributed by atoms with Crippen molar-refractivity contribution in [2.24, 2.45) is 0 Å². The summed E-state index contributed by atoms with van der Waals surface area (Å²) in [4.78, 5) is 19.4. The van der Waals surface area contributed by atoms with E-state index in [0.29, 0.717) is 6.04 Å². The molecular formula is C19H30N4O. The molecule has 2 heterocycles. The number of anilines is 2. The molecule has 0 aromatic heterocycles. The predicted molar refractivity (Wildman–Crippen MR) is 99.8 cm³/mol. The van der Waals surface area contributed by atoms with Crippen molar-refractivity contribution in [1.82, 2.24) is 9.80 Å². The molecule has 1 atom stereocenters. The average Bonchev–Trinajstić information content (AvgIpc) is 3.04. The van der Waals surface area contributed by atoms with E-state index in [-0.39, 0.29) is 6.03 Å². The quantitative estimate of drug-likeness (QED) is 0.921. The first-order valence-electron chi connectivity index (χ1n) is 9.21. The maximum atomic E-state index is 12.8. The van der Waals surface area contributed by atoms with Crippen LogP contribution in [0.4, 0.5) is 16.2 Å². The van der Waals surface area contributed by atoms with Crippen molar-refractivity contribution in [2.45, 2.75) is 38.1 Å². The van der Waals surface area contributed by atoms with Gasteiger partial charge in [-0.05, 0) is 50.9 Å². The molecule has 24 heavy (non-hydrogen) atoms. The number of hydrogen-bond acceptors (Lipinski definition) is 3. The number of nitrogens with one attached hydrogen (secondary N) is 1. The molecule has 2 aliphatic rings. The summed E-state index contributed by atoms with van der Waals surface area (Å²) in [6.45, 7) is 4.28. The molecule has 0 spiro atoms. The Labute approximate surface area is 145 Å². The number of piperidine rings is 1. The molecule has 132 valence electrons. The second-order valence-corrected chi connectivity index (χ2v) is 7.19. The number of likely N-dealkylation sites (tertiary alicyclic amines) is 2. The summed E-state index contributed by atoms with van der Waals surface area (Å²) in [5.74, 6) is 0. The first kappa shape index (κ1) is 17.1. The molecule has 2 amide bonds. The topological polar surface area (TPSA) is 38.8 Å². The van der Waals surface area contributed by atoms with Crippen LogP contribution in [0, 0.1) is 0 Å². The molecule has 0 radical (unpaired) electrons. The van der Waals surface area contributed by atoms with Gasteiger partial charge in [-0.2, -0.15) is 0 Å². The molecule has 3 rings (SSSR count). The molecule has 0 aliphatic carbocycles. The summed E-state index contributed by atoms with van der Waals surface area (Å²) >= 11 is 0. The van der Waals surface area contributed by atoms with Crippen molar-refractivity contribution in [3.8, 4) is 0 Å². The number of hydrogen-bond donors (Lipinski definition) is 1. The first-order chi connectivity index (χ1) is 11.6. The molecule has 1 aromatic carbocycles. The molecule has 2 saturated heterocycles. The van der Waals surface area contributed by atoms with E-state index < -0.39 is 0 Å². The second kappa shape index (κ2) is 7.88. The van der Waals surface area contributed by atoms with Crippen LogP contribution >= 0.6 is 0 Å². The summed E-state index contributed by atoms with van der Waals surface area (Å²) in [5.41, 5.74) is 1.92. The number of benzene rings is 1. The van der Waals surface area contributed by atoms with E-state index >= 15 is 0 Å². The predicted octanol–water partition coefficient (Wildman–Crippen LogP) is 3.23. The fourth-order valence-electron chi connectivity index (χ4n) is 3.89. The highest BCUT2D eigenvalue weighted by Gasteiger charge is 2.30. The Kier molecular flexibility index (Phi) is 5.61. The van der Waals surface area contributed by atoms with Crippen LogP contribution in [0.2, 0.25) is 0 Å². The van der Waals surface area contributed by atoms with Gasteiger partial charge in [0.05, 0.1) is 11.4 Å². The SMILES string of the molecule is CN(C)c1ccccc1NC(=O)N1CCC[C@@H]1CN1CCCCC1. The van der Waals surface area contributed by atoms with Crippen LogP contribution in [0.1, 0.15) is 32.1 Å². The van der Waals surface area contributed by atoms with E-state index in [4.69, 9.17) is 0 Å². The highest BCUT2D eigenvalue weighted by atomic mass is 16.2. The number of carbonyl (C=O) groups excluding carboxylic acids is 1. The Bertz CT molecular complexity index is 554. The third-order valence-corrected chi connectivity index (χ3v) is 5.18. The fraction of sp³-hybridized carbons (Fsp3) is 0.632. The van der Waals surface area contributed by atoms with E-state index in [0.717, 1.165) is 37.3 Å². The summed E-state index contributed by atoms with van der Waals surface area (Å²) < 4.78 is 0. The zero-order valence-corrected chi connectivity index (χ0v) is 15.0. The van der Waals surface area contributed by atoms with Gasteiger partial charge in [-0.3, -0.25) is 0 Å². The van der Waals surface area contributed by atoms with Crippen LogP contribution in [0.3, 0.4) is 0 Å². The summed E-state index contributed by atoms with van der Waals surface area (Å²) in [6.07, 6.45) is 6.19. The number of amides is 2. The maximum absolute atomic E-state index is 12.8. The first-order valence-corrected chi connectivity index (χ1v) is 9.21. The zero-order chi connectivity index (χ0) is 16.9. The highest BCUT2D eigenvalue weighted by Crippen LogP contribution is 2.26. The third-order valence-electron chi connectivity index (χ3n) is 5.18. The van der Waals surface area contributed by atoms with Crippen LogP contribution < -0.4 is 10.2 Å². The van der Waals surface area contributed by atoms with Crippen LogP contribution in [0.25, 0.3) is 0 Å². The Balaban J connectivity index is 1.63. The maximum Gasteiger partial charge on any atom is 0.322 e. The minimum Gasteiger partial charge on any atom is -0.376 e. The summed E-state index contributed by atoms with van der Waals surface area (Å²) in [7, 11) is 4.00. The lowest BCUT2D eigenvalue weighted by Crippen LogP contribution is -2.46. The van der Waals surface area contributed by atoms with Gasteiger partial charge >= 0.3 is 6.03 Å². The van der Waals surface area contributed by atoms with Crippen LogP contribution in [0.5, 0.6) is 0 Å². The Hall–Kier alpha value is -1.75. The zero-order valence-electron chi connectivity index (χ0n) is 15.0. The number of urea groups is 1. The van der Waals surface area contributed by atoms with Crippen molar-refractivity contribution >= 4 is 17.4 Å². The summed E-state index contributed by atoms with van der Waals surface area (Å²) in [5, 5.41) is 3.13. The number of rotatable bonds is 4. The third kappa shape index (κ3) is 4.01. The molecule has 0 saturated carbocycles. The van der Waals surface area contributed by atoms with Crippen LogP contribution in [-0.4, -0.2) is 62.1 Å². The van der Waals surface area contributed by atoms with Gasteiger partial charge in [-0.1, -0.05) is 18.6 Å².